The zero-order valence-corrected chi connectivity index (χ0v) is 12.5. The molecule has 1 fully saturated rings. The van der Waals surface area contributed by atoms with Crippen molar-refractivity contribution < 1.29 is 4.74 Å². The van der Waals surface area contributed by atoms with Crippen molar-refractivity contribution >= 4 is 0 Å². The fraction of sp³-hybridized carbons (Fsp3) is 0.316. The third-order valence-corrected chi connectivity index (χ3v) is 4.16. The molecule has 22 heavy (non-hydrogen) atoms. The van der Waals surface area contributed by atoms with E-state index in [1.54, 1.807) is 0 Å². The molecule has 3 heteroatoms. The lowest BCUT2D eigenvalue weighted by molar-refractivity contribution is 0.0904. The first-order valence-electron chi connectivity index (χ1n) is 7.73. The van der Waals surface area contributed by atoms with Gasteiger partial charge < -0.3 is 10.1 Å². The average molecular weight is 292 g/mol. The van der Waals surface area contributed by atoms with E-state index in [4.69, 9.17) is 10.00 Å². The van der Waals surface area contributed by atoms with Gasteiger partial charge in [0.25, 0.3) is 0 Å². The Kier molecular flexibility index (Phi) is 4.85. The highest BCUT2D eigenvalue weighted by Crippen LogP contribution is 2.33. The monoisotopic (exact) mass is 292 g/mol. The maximum Gasteiger partial charge on any atom is 0.0991 e. The van der Waals surface area contributed by atoms with E-state index in [0.29, 0.717) is 11.5 Å². The standard InChI is InChI=1S/C19H20N2O/c20-12-15-6-8-16(9-7-15)13-21-14-18-10-11-22-19(18)17-4-2-1-3-5-17/h1-9,18-19,21H,10-11,13-14H2/t18-,19-/m1/s1. The van der Waals surface area contributed by atoms with Gasteiger partial charge in [-0.25, -0.2) is 0 Å². The fourth-order valence-corrected chi connectivity index (χ4v) is 2.95. The summed E-state index contributed by atoms with van der Waals surface area (Å²) in [6, 6.07) is 20.3. The smallest absolute Gasteiger partial charge is 0.0991 e. The van der Waals surface area contributed by atoms with Gasteiger partial charge in [-0.2, -0.15) is 5.26 Å². The summed E-state index contributed by atoms with van der Waals surface area (Å²) in [5.74, 6) is 0.515. The number of hydrogen-bond donors (Lipinski definition) is 1. The van der Waals surface area contributed by atoms with Crippen molar-refractivity contribution in [2.75, 3.05) is 13.2 Å². The normalized spacial score (nSPS) is 20.7. The predicted molar refractivity (Wildman–Crippen MR) is 86.1 cm³/mol. The molecule has 0 saturated carbocycles. The van der Waals surface area contributed by atoms with Gasteiger partial charge in [-0.15, -0.1) is 0 Å². The molecule has 2 aromatic carbocycles. The SMILES string of the molecule is N#Cc1ccc(CNC[C@H]2CCO[C@@H]2c2ccccc2)cc1. The van der Waals surface area contributed by atoms with E-state index in [1.807, 2.05) is 30.3 Å². The van der Waals surface area contributed by atoms with Crippen molar-refractivity contribution in [2.45, 2.75) is 19.1 Å². The summed E-state index contributed by atoms with van der Waals surface area (Å²) < 4.78 is 5.91. The summed E-state index contributed by atoms with van der Waals surface area (Å²) in [5.41, 5.74) is 3.18. The van der Waals surface area contributed by atoms with Crippen LogP contribution < -0.4 is 5.32 Å². The van der Waals surface area contributed by atoms with Crippen molar-refractivity contribution in [3.05, 3.63) is 71.3 Å². The maximum absolute atomic E-state index is 8.81. The van der Waals surface area contributed by atoms with E-state index in [9.17, 15) is 0 Å². The van der Waals surface area contributed by atoms with Crippen LogP contribution in [-0.2, 0) is 11.3 Å². The van der Waals surface area contributed by atoms with Crippen LogP contribution in [0.1, 0.15) is 29.2 Å². The van der Waals surface area contributed by atoms with Gasteiger partial charge in [0.05, 0.1) is 17.7 Å². The van der Waals surface area contributed by atoms with Gasteiger partial charge in [0.1, 0.15) is 0 Å². The van der Waals surface area contributed by atoms with Crippen LogP contribution in [-0.4, -0.2) is 13.2 Å². The maximum atomic E-state index is 8.81. The van der Waals surface area contributed by atoms with Crippen LogP contribution in [0.25, 0.3) is 0 Å². The van der Waals surface area contributed by atoms with Gasteiger partial charge >= 0.3 is 0 Å². The molecular weight excluding hydrogens is 272 g/mol. The first kappa shape index (κ1) is 14.8. The second-order valence-corrected chi connectivity index (χ2v) is 5.69. The van der Waals surface area contributed by atoms with Gasteiger partial charge in [0.15, 0.2) is 0 Å². The van der Waals surface area contributed by atoms with Gasteiger partial charge in [0.2, 0.25) is 0 Å². The summed E-state index contributed by atoms with van der Waals surface area (Å²) >= 11 is 0. The van der Waals surface area contributed by atoms with Crippen LogP contribution in [0.4, 0.5) is 0 Å². The number of rotatable bonds is 5. The Bertz CT molecular complexity index is 631. The highest BCUT2D eigenvalue weighted by atomic mass is 16.5. The first-order valence-corrected chi connectivity index (χ1v) is 7.73. The molecule has 0 aromatic heterocycles. The molecule has 2 atom stereocenters. The number of hydrogen-bond acceptors (Lipinski definition) is 3. The van der Waals surface area contributed by atoms with Gasteiger partial charge in [-0.3, -0.25) is 0 Å². The van der Waals surface area contributed by atoms with E-state index < -0.39 is 0 Å². The Balaban J connectivity index is 1.53. The molecule has 3 nitrogen and oxygen atoms in total. The van der Waals surface area contributed by atoms with Crippen LogP contribution in [0, 0.1) is 17.2 Å². The quantitative estimate of drug-likeness (QED) is 0.918. The van der Waals surface area contributed by atoms with Crippen LogP contribution in [0.3, 0.4) is 0 Å². The Morgan fingerprint density at radius 3 is 2.59 bits per heavy atom. The lowest BCUT2D eigenvalue weighted by Crippen LogP contribution is -2.24. The van der Waals surface area contributed by atoms with Crippen LogP contribution in [0.2, 0.25) is 0 Å². The molecule has 1 saturated heterocycles. The molecule has 1 aliphatic rings. The van der Waals surface area contributed by atoms with E-state index in [-0.39, 0.29) is 6.10 Å². The molecule has 2 aromatic rings. The highest BCUT2D eigenvalue weighted by molar-refractivity contribution is 5.31. The molecule has 0 unspecified atom stereocenters. The zero-order chi connectivity index (χ0) is 15.2. The fourth-order valence-electron chi connectivity index (χ4n) is 2.95. The summed E-state index contributed by atoms with van der Waals surface area (Å²) in [4.78, 5) is 0. The van der Waals surface area contributed by atoms with Crippen molar-refractivity contribution in [3.63, 3.8) is 0 Å². The molecule has 0 bridgehead atoms. The Morgan fingerprint density at radius 2 is 1.86 bits per heavy atom. The molecule has 0 aliphatic carbocycles. The van der Waals surface area contributed by atoms with E-state index in [1.165, 1.54) is 11.1 Å². The summed E-state index contributed by atoms with van der Waals surface area (Å²) in [6.45, 7) is 2.60. The Morgan fingerprint density at radius 1 is 1.09 bits per heavy atom. The second kappa shape index (κ2) is 7.22. The van der Waals surface area contributed by atoms with Gasteiger partial charge in [0, 0.05) is 25.6 Å². The minimum absolute atomic E-state index is 0.203. The van der Waals surface area contributed by atoms with Crippen molar-refractivity contribution in [1.82, 2.24) is 5.32 Å². The molecule has 1 aliphatic heterocycles. The van der Waals surface area contributed by atoms with E-state index in [2.05, 4.69) is 35.7 Å². The molecule has 3 rings (SSSR count). The minimum atomic E-state index is 0.203. The van der Waals surface area contributed by atoms with Gasteiger partial charge in [-0.05, 0) is 29.7 Å². The third-order valence-electron chi connectivity index (χ3n) is 4.16. The van der Waals surface area contributed by atoms with E-state index >= 15 is 0 Å². The van der Waals surface area contributed by atoms with E-state index in [0.717, 1.165) is 26.1 Å². The Labute approximate surface area is 131 Å². The summed E-state index contributed by atoms with van der Waals surface area (Å²) in [6.07, 6.45) is 1.30. The predicted octanol–water partition coefficient (Wildman–Crippen LogP) is 3.43. The average Bonchev–Trinajstić information content (AvgIpc) is 3.05. The third kappa shape index (κ3) is 3.54. The number of nitriles is 1. The van der Waals surface area contributed by atoms with Gasteiger partial charge in [-0.1, -0.05) is 42.5 Å². The van der Waals surface area contributed by atoms with Crippen LogP contribution in [0.5, 0.6) is 0 Å². The lowest BCUT2D eigenvalue weighted by atomic mass is 9.95. The molecule has 112 valence electrons. The topological polar surface area (TPSA) is 45.0 Å². The lowest BCUT2D eigenvalue weighted by Gasteiger charge is -2.19. The molecule has 1 heterocycles. The number of nitrogens with one attached hydrogen (secondary N) is 1. The number of benzene rings is 2. The second-order valence-electron chi connectivity index (χ2n) is 5.69. The number of nitrogens with zero attached hydrogens (tertiary/aromatic N) is 1. The molecule has 0 radical (unpaired) electrons. The van der Waals surface area contributed by atoms with Crippen molar-refractivity contribution in [1.29, 1.82) is 5.26 Å². The van der Waals surface area contributed by atoms with Crippen LogP contribution in [0.15, 0.2) is 54.6 Å². The largest absolute Gasteiger partial charge is 0.373 e. The van der Waals surface area contributed by atoms with Crippen LogP contribution >= 0.6 is 0 Å². The first-order chi connectivity index (χ1) is 10.9. The summed E-state index contributed by atoms with van der Waals surface area (Å²) in [5, 5.41) is 12.3. The summed E-state index contributed by atoms with van der Waals surface area (Å²) in [7, 11) is 0. The molecular formula is C19H20N2O. The number of ether oxygens (including phenoxy) is 1. The minimum Gasteiger partial charge on any atom is -0.373 e. The van der Waals surface area contributed by atoms with Crippen molar-refractivity contribution in [2.24, 2.45) is 5.92 Å². The van der Waals surface area contributed by atoms with Crippen molar-refractivity contribution in [3.8, 4) is 6.07 Å². The highest BCUT2D eigenvalue weighted by Gasteiger charge is 2.28. The zero-order valence-electron chi connectivity index (χ0n) is 12.5. The molecule has 1 N–H and O–H groups in total. The molecule has 0 amide bonds. The molecule has 0 spiro atoms. The Hall–Kier alpha value is -2.15.